The van der Waals surface area contributed by atoms with Crippen molar-refractivity contribution in [2.24, 2.45) is 0 Å². The zero-order valence-corrected chi connectivity index (χ0v) is 19.5. The zero-order valence-electron chi connectivity index (χ0n) is 4.99. The summed E-state index contributed by atoms with van der Waals surface area (Å²) in [5, 5.41) is 0. The topological polar surface area (TPSA) is 180 Å². The molecule has 0 aliphatic rings. The van der Waals surface area contributed by atoms with E-state index in [9.17, 15) is 0 Å². The minimum Gasteiger partial charge on any atom is -0.870 e. The molecule has 0 amide bonds. The summed E-state index contributed by atoms with van der Waals surface area (Å²) in [6, 6.07) is 0. The zero-order chi connectivity index (χ0) is 0. The Balaban J connectivity index is 0. The fourth-order valence-electron chi connectivity index (χ4n) is 0. The van der Waals surface area contributed by atoms with Crippen LogP contribution in [0.3, 0.4) is 0 Å². The van der Waals surface area contributed by atoms with Gasteiger partial charge in [0.05, 0.1) is 0 Å². The van der Waals surface area contributed by atoms with Crippen molar-refractivity contribution in [2.75, 3.05) is 0 Å². The van der Waals surface area contributed by atoms with E-state index in [0.29, 0.717) is 0 Å². The van der Waals surface area contributed by atoms with Gasteiger partial charge in [-0.1, -0.05) is 0 Å². The van der Waals surface area contributed by atoms with E-state index in [0.717, 1.165) is 0 Å². The summed E-state index contributed by atoms with van der Waals surface area (Å²) in [6.45, 7) is 0. The summed E-state index contributed by atoms with van der Waals surface area (Å²) in [5.74, 6) is 0. The molecule has 10 heteroatoms. The van der Waals surface area contributed by atoms with Crippen molar-refractivity contribution >= 4 is 0 Å². The first-order valence-corrected chi connectivity index (χ1v) is 0. The summed E-state index contributed by atoms with van der Waals surface area (Å²) in [4.78, 5) is 0. The van der Waals surface area contributed by atoms with Crippen LogP contribution in [0.2, 0.25) is 0 Å². The molecule has 6 nitrogen and oxygen atoms in total. The van der Waals surface area contributed by atoms with Gasteiger partial charge >= 0.3 is 71.2 Å². The Hall–Kier alpha value is 4.54. The van der Waals surface area contributed by atoms with E-state index in [-0.39, 0.29) is 175 Å². The van der Waals surface area contributed by atoms with Gasteiger partial charge in [0.1, 0.15) is 0 Å². The van der Waals surface area contributed by atoms with Crippen molar-refractivity contribution in [1.29, 1.82) is 0 Å². The summed E-state index contributed by atoms with van der Waals surface area (Å²) < 4.78 is 0. The molecule has 0 unspecified atom stereocenters. The molecule has 0 aliphatic carbocycles. The van der Waals surface area contributed by atoms with Crippen LogP contribution in [-0.4, -0.2) is 32.9 Å². The molecule has 2 radical (unpaired) electrons. The molecule has 0 rings (SSSR count). The van der Waals surface area contributed by atoms with Crippen LogP contribution >= 0.6 is 0 Å². The van der Waals surface area contributed by atoms with Gasteiger partial charge in [0.25, 0.3) is 0 Å². The molecule has 0 fully saturated rings. The van der Waals surface area contributed by atoms with Gasteiger partial charge < -0.3 is 32.9 Å². The second-order valence-corrected chi connectivity index (χ2v) is 0. The van der Waals surface area contributed by atoms with Crippen LogP contribution in [0, 0.1) is 142 Å². The van der Waals surface area contributed by atoms with Crippen LogP contribution in [0.25, 0.3) is 0 Å². The van der Waals surface area contributed by atoms with E-state index < -0.39 is 0 Å². The van der Waals surface area contributed by atoms with Crippen LogP contribution in [0.5, 0.6) is 0 Å². The molecular weight excluding hydrogens is 652 g/mol. The predicted octanol–water partition coefficient (Wildman–Crippen LogP) is -1.06. The molecule has 0 heterocycles. The van der Waals surface area contributed by atoms with Gasteiger partial charge in [-0.25, -0.2) is 0 Å². The molecule has 0 aromatic rings. The smallest absolute Gasteiger partial charge is 0.870 e. The Bertz CT molecular complexity index is 9.71. The summed E-state index contributed by atoms with van der Waals surface area (Å²) in [5.41, 5.74) is 0. The van der Waals surface area contributed by atoms with E-state index in [1.54, 1.807) is 0 Å². The van der Waals surface area contributed by atoms with Gasteiger partial charge in [0.15, 0.2) is 0 Å². The Labute approximate surface area is 171 Å². The quantitative estimate of drug-likeness (QED) is 0.320. The Morgan fingerprint density at radius 1 is 0.300 bits per heavy atom. The van der Waals surface area contributed by atoms with Gasteiger partial charge in [-0.2, -0.15) is 0 Å². The molecule has 0 spiro atoms. The maximum Gasteiger partial charge on any atom is 3.00 e. The molecule has 6 N–H and O–H groups in total. The number of hydrogen-bond donors (Lipinski definition) is 0. The van der Waals surface area contributed by atoms with Gasteiger partial charge in [-0.05, 0) is 0 Å². The van der Waals surface area contributed by atoms with Gasteiger partial charge in [-0.15, -0.1) is 0 Å². The molecule has 0 aliphatic heterocycles. The van der Waals surface area contributed by atoms with Crippen molar-refractivity contribution in [2.45, 2.75) is 0 Å². The van der Waals surface area contributed by atoms with Crippen molar-refractivity contribution < 1.29 is 175 Å². The molecule has 0 aromatic carbocycles. The Morgan fingerprint density at radius 2 is 0.300 bits per heavy atom. The Morgan fingerprint density at radius 3 is 0.300 bits per heavy atom. The van der Waals surface area contributed by atoms with Crippen molar-refractivity contribution in [3.8, 4) is 0 Å². The summed E-state index contributed by atoms with van der Waals surface area (Å²) in [7, 11) is 0. The van der Waals surface area contributed by atoms with Crippen LogP contribution in [0.15, 0.2) is 0 Å². The van der Waals surface area contributed by atoms with E-state index in [2.05, 4.69) is 0 Å². The van der Waals surface area contributed by atoms with Crippen molar-refractivity contribution in [1.82, 2.24) is 0 Å². The minimum absolute atomic E-state index is 0. The third kappa shape index (κ3) is 81.0. The molecule has 0 atom stereocenters. The SMILES string of the molecule is [La+3].[La+3].[La].[La].[OH-].[OH-].[OH-].[OH-].[OH-].[OH-]. The second-order valence-electron chi connectivity index (χ2n) is 0. The molecule has 0 saturated heterocycles. The number of rotatable bonds is 0. The maximum absolute atomic E-state index is 0. The predicted molar refractivity (Wildman–Crippen MR) is 11.6 cm³/mol. The monoisotopic (exact) mass is 658 g/mol. The van der Waals surface area contributed by atoms with Crippen molar-refractivity contribution in [3.63, 3.8) is 0 Å². The fourth-order valence-corrected chi connectivity index (χ4v) is 0. The molecule has 0 bridgehead atoms. The third-order valence-electron chi connectivity index (χ3n) is 0. The van der Waals surface area contributed by atoms with Gasteiger partial charge in [-0.3, -0.25) is 0 Å². The van der Waals surface area contributed by atoms with E-state index >= 15 is 0 Å². The van der Waals surface area contributed by atoms with E-state index in [4.69, 9.17) is 0 Å². The van der Waals surface area contributed by atoms with Crippen LogP contribution in [-0.2, 0) is 0 Å². The average Bonchev–Trinajstić information content (AvgIpc) is 0. The molecule has 54 valence electrons. The first-order chi connectivity index (χ1) is 0. The fraction of sp³-hybridized carbons (Fsp3) is 0. The molecule has 0 saturated carbocycles. The van der Waals surface area contributed by atoms with Gasteiger partial charge in [0.2, 0.25) is 0 Å². The van der Waals surface area contributed by atoms with E-state index in [1.165, 1.54) is 0 Å². The first-order valence-electron chi connectivity index (χ1n) is 0. The largest absolute Gasteiger partial charge is 3.00 e. The summed E-state index contributed by atoms with van der Waals surface area (Å²) >= 11 is 0. The van der Waals surface area contributed by atoms with Gasteiger partial charge in [0, 0.05) is 71.2 Å². The van der Waals surface area contributed by atoms with Crippen molar-refractivity contribution in [3.05, 3.63) is 0 Å². The Kier molecular flexibility index (Phi) is 1340. The van der Waals surface area contributed by atoms with Crippen LogP contribution in [0.4, 0.5) is 0 Å². The normalized spacial score (nSPS) is 0. The third-order valence-corrected chi connectivity index (χ3v) is 0. The van der Waals surface area contributed by atoms with Crippen LogP contribution in [0.1, 0.15) is 0 Å². The maximum atomic E-state index is 0. The standard InChI is InChI=1S/4La.6H2O/h;;;;6*1H2/q;;2*+3;;;;;;/p-6. The van der Waals surface area contributed by atoms with Crippen LogP contribution < -0.4 is 0 Å². The second kappa shape index (κ2) is 103. The first kappa shape index (κ1) is 129. The summed E-state index contributed by atoms with van der Waals surface area (Å²) in [6.07, 6.45) is 0. The minimum atomic E-state index is 0. The van der Waals surface area contributed by atoms with E-state index in [1.807, 2.05) is 0 Å². The molecule has 0 aromatic heterocycles. The molecular formula is H6La4O6. The molecule has 10 heavy (non-hydrogen) atoms. The number of hydrogen-bond acceptors (Lipinski definition) is 6. The average molecular weight is 658 g/mol.